The summed E-state index contributed by atoms with van der Waals surface area (Å²) in [4.78, 5) is 8.96. The molecule has 1 aromatic heterocycles. The summed E-state index contributed by atoms with van der Waals surface area (Å²) in [6.07, 6.45) is 0. The Kier molecular flexibility index (Phi) is 5.24. The van der Waals surface area contributed by atoms with E-state index in [9.17, 15) is 0 Å². The third kappa shape index (κ3) is 4.51. The number of benzene rings is 2. The van der Waals surface area contributed by atoms with Crippen LogP contribution in [0.4, 0.5) is 5.82 Å². The Morgan fingerprint density at radius 3 is 2.48 bits per heavy atom. The number of halogens is 1. The van der Waals surface area contributed by atoms with Gasteiger partial charge in [-0.3, -0.25) is 5.43 Å². The second-order valence-corrected chi connectivity index (χ2v) is 6.79. The van der Waals surface area contributed by atoms with Gasteiger partial charge in [-0.1, -0.05) is 51.8 Å². The van der Waals surface area contributed by atoms with E-state index in [0.717, 1.165) is 27.0 Å². The molecule has 0 unspecified atom stereocenters. The first-order chi connectivity index (χ1) is 12.0. The molecular formula is C20H19BrN4. The number of rotatable bonds is 4. The van der Waals surface area contributed by atoms with Crippen LogP contribution in [0.5, 0.6) is 0 Å². The predicted octanol–water partition coefficient (Wildman–Crippen LogP) is 5.36. The number of anilines is 1. The smallest absolute Gasteiger partial charge is 0.150 e. The van der Waals surface area contributed by atoms with Crippen LogP contribution in [-0.4, -0.2) is 15.7 Å². The van der Waals surface area contributed by atoms with Crippen LogP contribution in [0.15, 0.2) is 64.2 Å². The summed E-state index contributed by atoms with van der Waals surface area (Å²) in [6, 6.07) is 18.2. The highest BCUT2D eigenvalue weighted by Gasteiger charge is 2.05. The van der Waals surface area contributed by atoms with Crippen molar-refractivity contribution in [2.75, 3.05) is 5.43 Å². The van der Waals surface area contributed by atoms with Gasteiger partial charge in [0.15, 0.2) is 0 Å². The molecule has 0 saturated carbocycles. The fourth-order valence-corrected chi connectivity index (χ4v) is 2.74. The maximum absolute atomic E-state index is 4.54. The Labute approximate surface area is 156 Å². The number of nitrogens with one attached hydrogen (secondary N) is 1. The number of aryl methyl sites for hydroxylation is 2. The topological polar surface area (TPSA) is 50.2 Å². The lowest BCUT2D eigenvalue weighted by Crippen LogP contribution is -2.02. The van der Waals surface area contributed by atoms with Gasteiger partial charge in [-0.05, 0) is 44.5 Å². The van der Waals surface area contributed by atoms with E-state index in [2.05, 4.69) is 61.5 Å². The van der Waals surface area contributed by atoms with E-state index in [4.69, 9.17) is 0 Å². The first-order valence-electron chi connectivity index (χ1n) is 8.00. The Morgan fingerprint density at radius 1 is 1.00 bits per heavy atom. The molecule has 1 heterocycles. The highest BCUT2D eigenvalue weighted by atomic mass is 79.9. The Hall–Kier alpha value is -2.53. The fourth-order valence-electron chi connectivity index (χ4n) is 2.47. The van der Waals surface area contributed by atoms with E-state index in [-0.39, 0.29) is 0 Å². The van der Waals surface area contributed by atoms with Gasteiger partial charge >= 0.3 is 0 Å². The summed E-state index contributed by atoms with van der Waals surface area (Å²) < 4.78 is 1.05. The third-order valence-electron chi connectivity index (χ3n) is 3.75. The molecule has 3 rings (SSSR count). The fraction of sp³-hybridized carbons (Fsp3) is 0.150. The molecule has 3 aromatic rings. The second kappa shape index (κ2) is 7.57. The third-order valence-corrected chi connectivity index (χ3v) is 4.28. The van der Waals surface area contributed by atoms with Gasteiger partial charge in [0, 0.05) is 16.1 Å². The van der Waals surface area contributed by atoms with E-state index in [0.29, 0.717) is 11.6 Å². The summed E-state index contributed by atoms with van der Waals surface area (Å²) >= 11 is 3.44. The normalized spacial score (nSPS) is 11.4. The Balaban J connectivity index is 1.85. The SMILES string of the molecule is C/C(=N/Nc1cc(-c2cccc(C)c2)nc(C)n1)c1ccc(Br)cc1. The molecule has 0 atom stereocenters. The molecule has 2 aromatic carbocycles. The van der Waals surface area contributed by atoms with Gasteiger partial charge in [-0.15, -0.1) is 0 Å². The van der Waals surface area contributed by atoms with Gasteiger partial charge in [0.1, 0.15) is 11.6 Å². The molecule has 0 aliphatic rings. The molecule has 1 N–H and O–H groups in total. The molecule has 126 valence electrons. The average Bonchev–Trinajstić information content (AvgIpc) is 2.60. The van der Waals surface area contributed by atoms with Crippen molar-refractivity contribution in [3.05, 3.63) is 76.0 Å². The molecule has 0 saturated heterocycles. The summed E-state index contributed by atoms with van der Waals surface area (Å²) in [5.41, 5.74) is 8.15. The summed E-state index contributed by atoms with van der Waals surface area (Å²) in [7, 11) is 0. The van der Waals surface area contributed by atoms with E-state index in [1.165, 1.54) is 5.56 Å². The molecule has 0 fully saturated rings. The van der Waals surface area contributed by atoms with Crippen LogP contribution in [0.25, 0.3) is 11.3 Å². The van der Waals surface area contributed by atoms with Crippen LogP contribution in [0.2, 0.25) is 0 Å². The zero-order valence-corrected chi connectivity index (χ0v) is 16.0. The largest absolute Gasteiger partial charge is 0.261 e. The number of hydrazone groups is 1. The van der Waals surface area contributed by atoms with E-state index < -0.39 is 0 Å². The predicted molar refractivity (Wildman–Crippen MR) is 107 cm³/mol. The van der Waals surface area contributed by atoms with Crippen molar-refractivity contribution in [1.29, 1.82) is 0 Å². The summed E-state index contributed by atoms with van der Waals surface area (Å²) in [5.74, 6) is 1.39. The maximum atomic E-state index is 4.54. The molecule has 25 heavy (non-hydrogen) atoms. The lowest BCUT2D eigenvalue weighted by atomic mass is 10.1. The minimum atomic E-state index is 0.681. The molecule has 0 amide bonds. The van der Waals surface area contributed by atoms with Gasteiger partial charge in [0.25, 0.3) is 0 Å². The van der Waals surface area contributed by atoms with Crippen LogP contribution < -0.4 is 5.43 Å². The number of hydrogen-bond donors (Lipinski definition) is 1. The van der Waals surface area contributed by atoms with Crippen LogP contribution in [0.3, 0.4) is 0 Å². The van der Waals surface area contributed by atoms with E-state index >= 15 is 0 Å². The molecule has 0 radical (unpaired) electrons. The van der Waals surface area contributed by atoms with E-state index in [1.807, 2.05) is 50.2 Å². The lowest BCUT2D eigenvalue weighted by molar-refractivity contribution is 1.05. The van der Waals surface area contributed by atoms with Crippen molar-refractivity contribution in [3.8, 4) is 11.3 Å². The molecule has 5 heteroatoms. The van der Waals surface area contributed by atoms with Crippen LogP contribution in [-0.2, 0) is 0 Å². The molecule has 0 bridgehead atoms. The summed E-state index contributed by atoms with van der Waals surface area (Å²) in [6.45, 7) is 5.92. The van der Waals surface area contributed by atoms with Gasteiger partial charge in [-0.2, -0.15) is 5.10 Å². The number of hydrogen-bond acceptors (Lipinski definition) is 4. The van der Waals surface area contributed by atoms with E-state index in [1.54, 1.807) is 0 Å². The van der Waals surface area contributed by atoms with Gasteiger partial charge in [0.2, 0.25) is 0 Å². The van der Waals surface area contributed by atoms with Crippen molar-refractivity contribution in [2.24, 2.45) is 5.10 Å². The molecule has 0 aliphatic heterocycles. The highest BCUT2D eigenvalue weighted by molar-refractivity contribution is 9.10. The Morgan fingerprint density at radius 2 is 1.76 bits per heavy atom. The van der Waals surface area contributed by atoms with Crippen molar-refractivity contribution < 1.29 is 0 Å². The van der Waals surface area contributed by atoms with Gasteiger partial charge in [0.05, 0.1) is 11.4 Å². The van der Waals surface area contributed by atoms with Crippen molar-refractivity contribution >= 4 is 27.5 Å². The molecular weight excluding hydrogens is 376 g/mol. The highest BCUT2D eigenvalue weighted by Crippen LogP contribution is 2.21. The zero-order valence-electron chi connectivity index (χ0n) is 14.4. The van der Waals surface area contributed by atoms with Crippen molar-refractivity contribution in [3.63, 3.8) is 0 Å². The first kappa shape index (κ1) is 17.3. The summed E-state index contributed by atoms with van der Waals surface area (Å²) in [5, 5.41) is 4.45. The van der Waals surface area contributed by atoms with Crippen LogP contribution in [0, 0.1) is 13.8 Å². The average molecular weight is 395 g/mol. The number of nitrogens with zero attached hydrogens (tertiary/aromatic N) is 3. The minimum Gasteiger partial charge on any atom is -0.261 e. The zero-order chi connectivity index (χ0) is 17.8. The van der Waals surface area contributed by atoms with Crippen LogP contribution >= 0.6 is 15.9 Å². The molecule has 0 spiro atoms. The minimum absolute atomic E-state index is 0.681. The van der Waals surface area contributed by atoms with Crippen LogP contribution in [0.1, 0.15) is 23.9 Å². The lowest BCUT2D eigenvalue weighted by Gasteiger charge is -2.07. The van der Waals surface area contributed by atoms with Gasteiger partial charge in [-0.25, -0.2) is 9.97 Å². The molecule has 4 nitrogen and oxygen atoms in total. The maximum Gasteiger partial charge on any atom is 0.150 e. The second-order valence-electron chi connectivity index (χ2n) is 5.87. The quantitative estimate of drug-likeness (QED) is 0.478. The van der Waals surface area contributed by atoms with Gasteiger partial charge < -0.3 is 0 Å². The monoisotopic (exact) mass is 394 g/mol. The Bertz CT molecular complexity index is 917. The van der Waals surface area contributed by atoms with Crippen molar-refractivity contribution in [2.45, 2.75) is 20.8 Å². The first-order valence-corrected chi connectivity index (χ1v) is 8.79. The molecule has 0 aliphatic carbocycles. The van der Waals surface area contributed by atoms with Crippen molar-refractivity contribution in [1.82, 2.24) is 9.97 Å². The standard InChI is InChI=1S/C20H19BrN4/c1-13-5-4-6-17(11-13)19-12-20(23-15(3)22-19)25-24-14(2)16-7-9-18(21)10-8-16/h4-12H,1-3H3,(H,22,23,25)/b24-14-. The number of aromatic nitrogens is 2.